The monoisotopic (exact) mass is 206 g/mol. The van der Waals surface area contributed by atoms with E-state index in [9.17, 15) is 5.11 Å². The molecule has 0 unspecified atom stereocenters. The fourth-order valence-electron chi connectivity index (χ4n) is 2.23. The van der Waals surface area contributed by atoms with Crippen molar-refractivity contribution < 1.29 is 5.11 Å². The number of benzene rings is 1. The number of piperidine rings is 1. The molecule has 0 radical (unpaired) electrons. The summed E-state index contributed by atoms with van der Waals surface area (Å²) in [4.78, 5) is 2.32. The van der Waals surface area contributed by atoms with E-state index in [4.69, 9.17) is 5.73 Å². The van der Waals surface area contributed by atoms with Crippen molar-refractivity contribution in [1.82, 2.24) is 4.90 Å². The van der Waals surface area contributed by atoms with Crippen molar-refractivity contribution in [2.45, 2.75) is 18.8 Å². The first-order valence-electron chi connectivity index (χ1n) is 5.44. The van der Waals surface area contributed by atoms with Gasteiger partial charge in [0.2, 0.25) is 0 Å². The number of aromatic hydroxyl groups is 1. The standard InChI is InChI=1S/C12H18N2O/c1-14-7-5-9(6-8-14)10-3-2-4-11(13)12(10)15/h2-4,9,15H,5-8,13H2,1H3. The van der Waals surface area contributed by atoms with Crippen LogP contribution in [0.1, 0.15) is 24.3 Å². The minimum absolute atomic E-state index is 0.284. The van der Waals surface area contributed by atoms with Gasteiger partial charge in [-0.1, -0.05) is 12.1 Å². The largest absolute Gasteiger partial charge is 0.505 e. The zero-order chi connectivity index (χ0) is 10.8. The Hall–Kier alpha value is -1.22. The number of nitrogens with two attached hydrogens (primary N) is 1. The molecule has 3 heteroatoms. The van der Waals surface area contributed by atoms with Gasteiger partial charge in [-0.05, 0) is 50.5 Å². The topological polar surface area (TPSA) is 49.5 Å². The quantitative estimate of drug-likeness (QED) is 0.544. The van der Waals surface area contributed by atoms with Gasteiger partial charge in [0.25, 0.3) is 0 Å². The lowest BCUT2D eigenvalue weighted by Gasteiger charge is -2.29. The highest BCUT2D eigenvalue weighted by atomic mass is 16.3. The molecule has 3 N–H and O–H groups in total. The van der Waals surface area contributed by atoms with Crippen LogP contribution in [0.4, 0.5) is 5.69 Å². The predicted octanol–water partition coefficient (Wildman–Crippen LogP) is 1.78. The number of nitrogens with zero attached hydrogens (tertiary/aromatic N) is 1. The summed E-state index contributed by atoms with van der Waals surface area (Å²) in [5.41, 5.74) is 7.20. The summed E-state index contributed by atoms with van der Waals surface area (Å²) in [7, 11) is 2.13. The SMILES string of the molecule is CN1CCC(c2cccc(N)c2O)CC1. The van der Waals surface area contributed by atoms with E-state index in [0.717, 1.165) is 31.5 Å². The van der Waals surface area contributed by atoms with Gasteiger partial charge < -0.3 is 15.7 Å². The molecule has 15 heavy (non-hydrogen) atoms. The van der Waals surface area contributed by atoms with E-state index in [0.29, 0.717) is 11.6 Å². The Morgan fingerprint density at radius 3 is 2.67 bits per heavy atom. The average Bonchev–Trinajstić information content (AvgIpc) is 2.24. The van der Waals surface area contributed by atoms with E-state index in [1.807, 2.05) is 12.1 Å². The Kier molecular flexibility index (Phi) is 2.82. The molecule has 3 nitrogen and oxygen atoms in total. The molecule has 82 valence electrons. The highest BCUT2D eigenvalue weighted by Crippen LogP contribution is 2.36. The molecule has 2 rings (SSSR count). The van der Waals surface area contributed by atoms with Gasteiger partial charge in [-0.15, -0.1) is 0 Å². The molecule has 1 heterocycles. The second-order valence-electron chi connectivity index (χ2n) is 4.36. The first kappa shape index (κ1) is 10.3. The minimum atomic E-state index is 0.284. The molecule has 1 aliphatic heterocycles. The number of phenolic OH excluding ortho intramolecular Hbond substituents is 1. The first-order valence-corrected chi connectivity index (χ1v) is 5.44. The fourth-order valence-corrected chi connectivity index (χ4v) is 2.23. The third-order valence-electron chi connectivity index (χ3n) is 3.26. The number of phenols is 1. The van der Waals surface area contributed by atoms with Crippen molar-refractivity contribution in [3.63, 3.8) is 0 Å². The van der Waals surface area contributed by atoms with Crippen molar-refractivity contribution in [3.8, 4) is 5.75 Å². The van der Waals surface area contributed by atoms with Crippen molar-refractivity contribution in [3.05, 3.63) is 23.8 Å². The fraction of sp³-hybridized carbons (Fsp3) is 0.500. The van der Waals surface area contributed by atoms with Crippen molar-refractivity contribution in [1.29, 1.82) is 0 Å². The summed E-state index contributed by atoms with van der Waals surface area (Å²) < 4.78 is 0. The van der Waals surface area contributed by atoms with Crippen LogP contribution < -0.4 is 5.73 Å². The Balaban J connectivity index is 2.19. The molecule has 1 aromatic rings. The number of para-hydroxylation sites is 1. The third-order valence-corrected chi connectivity index (χ3v) is 3.26. The molecule has 0 bridgehead atoms. The molecule has 0 spiro atoms. The molecule has 0 aromatic heterocycles. The molecular weight excluding hydrogens is 188 g/mol. The molecule has 0 atom stereocenters. The lowest BCUT2D eigenvalue weighted by Crippen LogP contribution is -2.29. The number of likely N-dealkylation sites (tertiary alicyclic amines) is 1. The van der Waals surface area contributed by atoms with Crippen molar-refractivity contribution >= 4 is 5.69 Å². The summed E-state index contributed by atoms with van der Waals surface area (Å²) >= 11 is 0. The van der Waals surface area contributed by atoms with Gasteiger partial charge >= 0.3 is 0 Å². The molecule has 1 fully saturated rings. The van der Waals surface area contributed by atoms with E-state index in [2.05, 4.69) is 11.9 Å². The number of hydrogen-bond acceptors (Lipinski definition) is 3. The Morgan fingerprint density at radius 2 is 2.00 bits per heavy atom. The van der Waals surface area contributed by atoms with E-state index < -0.39 is 0 Å². The number of rotatable bonds is 1. The number of nitrogen functional groups attached to an aromatic ring is 1. The van der Waals surface area contributed by atoms with Crippen LogP contribution in [0.15, 0.2) is 18.2 Å². The molecule has 1 saturated heterocycles. The van der Waals surface area contributed by atoms with Gasteiger partial charge in [-0.25, -0.2) is 0 Å². The third kappa shape index (κ3) is 2.07. The Morgan fingerprint density at radius 1 is 1.33 bits per heavy atom. The average molecular weight is 206 g/mol. The molecule has 0 aliphatic carbocycles. The van der Waals surface area contributed by atoms with Gasteiger partial charge in [0, 0.05) is 0 Å². The summed E-state index contributed by atoms with van der Waals surface area (Å²) in [6.07, 6.45) is 2.21. The van der Waals surface area contributed by atoms with Crippen LogP contribution in [0.2, 0.25) is 0 Å². The smallest absolute Gasteiger partial charge is 0.141 e. The van der Waals surface area contributed by atoms with Gasteiger partial charge in [0.05, 0.1) is 5.69 Å². The molecular formula is C12H18N2O. The maximum Gasteiger partial charge on any atom is 0.141 e. The van der Waals surface area contributed by atoms with Crippen LogP contribution in [0.25, 0.3) is 0 Å². The van der Waals surface area contributed by atoms with E-state index in [1.165, 1.54) is 0 Å². The highest BCUT2D eigenvalue weighted by molar-refractivity contribution is 5.56. The summed E-state index contributed by atoms with van der Waals surface area (Å²) in [5, 5.41) is 9.88. The maximum absolute atomic E-state index is 9.88. The van der Waals surface area contributed by atoms with E-state index >= 15 is 0 Å². The van der Waals surface area contributed by atoms with Crippen LogP contribution in [0.5, 0.6) is 5.75 Å². The molecule has 1 aliphatic rings. The number of anilines is 1. The molecule has 0 amide bonds. The van der Waals surface area contributed by atoms with Gasteiger partial charge in [0.1, 0.15) is 5.75 Å². The van der Waals surface area contributed by atoms with E-state index in [-0.39, 0.29) is 5.75 Å². The maximum atomic E-state index is 9.88. The van der Waals surface area contributed by atoms with Gasteiger partial charge in [-0.3, -0.25) is 0 Å². The summed E-state index contributed by atoms with van der Waals surface area (Å²) in [6.45, 7) is 2.19. The van der Waals surface area contributed by atoms with Crippen LogP contribution in [-0.2, 0) is 0 Å². The number of hydrogen-bond donors (Lipinski definition) is 2. The van der Waals surface area contributed by atoms with Crippen molar-refractivity contribution in [2.75, 3.05) is 25.9 Å². The lowest BCUT2D eigenvalue weighted by molar-refractivity contribution is 0.253. The minimum Gasteiger partial charge on any atom is -0.505 e. The zero-order valence-electron chi connectivity index (χ0n) is 9.11. The second-order valence-corrected chi connectivity index (χ2v) is 4.36. The highest BCUT2D eigenvalue weighted by Gasteiger charge is 2.21. The first-order chi connectivity index (χ1) is 7.18. The summed E-state index contributed by atoms with van der Waals surface area (Å²) in [5.74, 6) is 0.747. The van der Waals surface area contributed by atoms with Gasteiger partial charge in [-0.2, -0.15) is 0 Å². The van der Waals surface area contributed by atoms with Gasteiger partial charge in [0.15, 0.2) is 0 Å². The lowest BCUT2D eigenvalue weighted by atomic mass is 9.89. The molecule has 1 aromatic carbocycles. The predicted molar refractivity (Wildman–Crippen MR) is 62.0 cm³/mol. The van der Waals surface area contributed by atoms with Crippen LogP contribution in [0, 0.1) is 0 Å². The Labute approximate surface area is 90.5 Å². The van der Waals surface area contributed by atoms with Crippen LogP contribution in [0.3, 0.4) is 0 Å². The van der Waals surface area contributed by atoms with Crippen LogP contribution in [-0.4, -0.2) is 30.1 Å². The van der Waals surface area contributed by atoms with Crippen LogP contribution >= 0.6 is 0 Å². The second kappa shape index (κ2) is 4.11. The zero-order valence-corrected chi connectivity index (χ0v) is 9.11. The van der Waals surface area contributed by atoms with Crippen molar-refractivity contribution in [2.24, 2.45) is 0 Å². The van der Waals surface area contributed by atoms with E-state index in [1.54, 1.807) is 6.07 Å². The Bertz CT molecular complexity index is 343. The molecule has 0 saturated carbocycles. The normalized spacial score (nSPS) is 19.3. The summed E-state index contributed by atoms with van der Waals surface area (Å²) in [6, 6.07) is 5.65.